The van der Waals surface area contributed by atoms with Crippen molar-refractivity contribution < 1.29 is 5.11 Å². The van der Waals surface area contributed by atoms with Crippen molar-refractivity contribution in [2.45, 2.75) is 51.7 Å². The molecule has 0 radical (unpaired) electrons. The summed E-state index contributed by atoms with van der Waals surface area (Å²) in [4.78, 5) is 16.2. The number of aromatic nitrogens is 3. The molecule has 1 aliphatic carbocycles. The van der Waals surface area contributed by atoms with E-state index in [0.29, 0.717) is 5.82 Å². The molecule has 3 aromatic rings. The summed E-state index contributed by atoms with van der Waals surface area (Å²) in [6.45, 7) is 5.59. The van der Waals surface area contributed by atoms with E-state index in [1.165, 1.54) is 16.9 Å². The summed E-state index contributed by atoms with van der Waals surface area (Å²) in [5.41, 5.74) is 1.44. The van der Waals surface area contributed by atoms with Crippen molar-refractivity contribution in [3.63, 3.8) is 0 Å². The van der Waals surface area contributed by atoms with Crippen LogP contribution >= 0.6 is 11.3 Å². The summed E-state index contributed by atoms with van der Waals surface area (Å²) in [6.07, 6.45) is 6.93. The zero-order chi connectivity index (χ0) is 17.6. The van der Waals surface area contributed by atoms with Gasteiger partial charge in [0.05, 0.1) is 17.0 Å². The molecular weight excluding hydrogens is 332 g/mol. The molecule has 3 aromatic heterocycles. The Kier molecular flexibility index (Phi) is 3.96. The van der Waals surface area contributed by atoms with Crippen LogP contribution in [0.2, 0.25) is 0 Å². The molecule has 5 nitrogen and oxygen atoms in total. The Morgan fingerprint density at radius 2 is 2.12 bits per heavy atom. The number of fused-ring (bicyclic) bond motifs is 3. The van der Waals surface area contributed by atoms with Crippen molar-refractivity contribution in [2.24, 2.45) is 0 Å². The molecule has 0 spiro atoms. The molecule has 6 heteroatoms. The van der Waals surface area contributed by atoms with Crippen LogP contribution in [0.4, 0.5) is 5.82 Å². The van der Waals surface area contributed by atoms with Gasteiger partial charge in [-0.2, -0.15) is 0 Å². The Hall–Kier alpha value is -2.05. The molecule has 1 atom stereocenters. The van der Waals surface area contributed by atoms with Gasteiger partial charge in [0, 0.05) is 22.8 Å². The number of pyridine rings is 1. The van der Waals surface area contributed by atoms with Gasteiger partial charge >= 0.3 is 0 Å². The predicted molar refractivity (Wildman–Crippen MR) is 102 cm³/mol. The van der Waals surface area contributed by atoms with Gasteiger partial charge < -0.3 is 10.4 Å². The molecule has 0 fully saturated rings. The van der Waals surface area contributed by atoms with Gasteiger partial charge in [0.2, 0.25) is 0 Å². The summed E-state index contributed by atoms with van der Waals surface area (Å²) in [5.74, 6) is 1.49. The summed E-state index contributed by atoms with van der Waals surface area (Å²) in [7, 11) is 0. The van der Waals surface area contributed by atoms with Gasteiger partial charge in [-0.3, -0.25) is 4.98 Å². The molecule has 25 heavy (non-hydrogen) atoms. The van der Waals surface area contributed by atoms with Crippen LogP contribution in [-0.2, 0) is 12.8 Å². The van der Waals surface area contributed by atoms with Gasteiger partial charge in [-0.15, -0.1) is 11.3 Å². The third kappa shape index (κ3) is 3.00. The second kappa shape index (κ2) is 6.04. The molecule has 2 N–H and O–H groups in total. The summed E-state index contributed by atoms with van der Waals surface area (Å²) < 4.78 is 0. The maximum atomic E-state index is 10.3. The molecule has 130 valence electrons. The van der Waals surface area contributed by atoms with Crippen LogP contribution in [-0.4, -0.2) is 31.7 Å². The molecule has 4 rings (SSSR count). The fraction of sp³-hybridized carbons (Fsp3) is 0.421. The summed E-state index contributed by atoms with van der Waals surface area (Å²) in [5, 5.41) is 14.9. The van der Waals surface area contributed by atoms with Crippen LogP contribution in [0, 0.1) is 0 Å². The molecule has 1 aliphatic rings. The smallest absolute Gasteiger partial charge is 0.164 e. The lowest BCUT2D eigenvalue weighted by Crippen LogP contribution is -2.39. The number of rotatable bonds is 4. The second-order valence-corrected chi connectivity index (χ2v) is 8.28. The fourth-order valence-electron chi connectivity index (χ4n) is 3.11. The molecule has 0 saturated carbocycles. The minimum Gasteiger partial charge on any atom is -0.388 e. The number of hydrogen-bond donors (Lipinski definition) is 2. The van der Waals surface area contributed by atoms with Crippen LogP contribution in [0.15, 0.2) is 24.5 Å². The molecular formula is C19H22N4OS. The van der Waals surface area contributed by atoms with Gasteiger partial charge in [0.25, 0.3) is 0 Å². The lowest BCUT2D eigenvalue weighted by atomic mass is 10.0. The number of nitrogens with zero attached hydrogens (tertiary/aromatic N) is 3. The van der Waals surface area contributed by atoms with E-state index < -0.39 is 5.60 Å². The zero-order valence-corrected chi connectivity index (χ0v) is 15.5. The SMILES string of the molecule is C[C@H](Nc1nc(-c2cccnc2)nc2sc3c(c12)CCC3)C(C)(C)O. The zero-order valence-electron chi connectivity index (χ0n) is 14.7. The van der Waals surface area contributed by atoms with Crippen LogP contribution in [0.5, 0.6) is 0 Å². The van der Waals surface area contributed by atoms with E-state index in [4.69, 9.17) is 9.97 Å². The van der Waals surface area contributed by atoms with E-state index in [1.54, 1.807) is 23.7 Å². The number of aliphatic hydroxyl groups is 1. The highest BCUT2D eigenvalue weighted by atomic mass is 32.1. The third-order valence-electron chi connectivity index (χ3n) is 4.90. The maximum Gasteiger partial charge on any atom is 0.164 e. The van der Waals surface area contributed by atoms with E-state index in [-0.39, 0.29) is 6.04 Å². The molecule has 0 saturated heterocycles. The lowest BCUT2D eigenvalue weighted by molar-refractivity contribution is 0.0648. The molecule has 0 unspecified atom stereocenters. The van der Waals surface area contributed by atoms with Crippen molar-refractivity contribution in [2.75, 3.05) is 5.32 Å². The normalized spacial score (nSPS) is 15.4. The number of aryl methyl sites for hydroxylation is 2. The van der Waals surface area contributed by atoms with Crippen molar-refractivity contribution in [1.82, 2.24) is 15.0 Å². The average Bonchev–Trinajstić information content (AvgIpc) is 3.15. The van der Waals surface area contributed by atoms with Crippen molar-refractivity contribution in [1.29, 1.82) is 0 Å². The topological polar surface area (TPSA) is 70.9 Å². The van der Waals surface area contributed by atoms with Gasteiger partial charge in [-0.05, 0) is 57.7 Å². The van der Waals surface area contributed by atoms with Crippen LogP contribution in [0.25, 0.3) is 21.6 Å². The Morgan fingerprint density at radius 1 is 1.28 bits per heavy atom. The number of hydrogen-bond acceptors (Lipinski definition) is 6. The summed E-state index contributed by atoms with van der Waals surface area (Å²) >= 11 is 1.77. The molecule has 0 amide bonds. The lowest BCUT2D eigenvalue weighted by Gasteiger charge is -2.27. The Balaban J connectivity index is 1.88. The number of anilines is 1. The van der Waals surface area contributed by atoms with E-state index in [0.717, 1.165) is 34.4 Å². The van der Waals surface area contributed by atoms with Crippen LogP contribution in [0.1, 0.15) is 37.6 Å². The highest BCUT2D eigenvalue weighted by molar-refractivity contribution is 7.19. The van der Waals surface area contributed by atoms with E-state index in [1.807, 2.05) is 32.9 Å². The van der Waals surface area contributed by atoms with Gasteiger partial charge in [0.15, 0.2) is 5.82 Å². The van der Waals surface area contributed by atoms with E-state index in [9.17, 15) is 5.11 Å². The standard InChI is InChI=1S/C19H22N4OS/c1-11(19(2,3)24)21-17-15-13-7-4-8-14(13)25-18(15)23-16(22-17)12-6-5-9-20-10-12/h5-6,9-11,24H,4,7-8H2,1-3H3,(H,21,22,23)/t11-/m0/s1. The largest absolute Gasteiger partial charge is 0.388 e. The van der Waals surface area contributed by atoms with Gasteiger partial charge in [-0.25, -0.2) is 9.97 Å². The average molecular weight is 354 g/mol. The molecule has 3 heterocycles. The first-order chi connectivity index (χ1) is 11.9. The first-order valence-corrected chi connectivity index (χ1v) is 9.47. The van der Waals surface area contributed by atoms with Crippen molar-refractivity contribution in [3.8, 4) is 11.4 Å². The minimum atomic E-state index is -0.842. The quantitative estimate of drug-likeness (QED) is 0.745. The Morgan fingerprint density at radius 3 is 2.84 bits per heavy atom. The first-order valence-electron chi connectivity index (χ1n) is 8.65. The van der Waals surface area contributed by atoms with Crippen molar-refractivity contribution in [3.05, 3.63) is 35.0 Å². The van der Waals surface area contributed by atoms with Gasteiger partial charge in [0.1, 0.15) is 10.6 Å². The molecule has 0 bridgehead atoms. The first kappa shape index (κ1) is 16.4. The van der Waals surface area contributed by atoms with Gasteiger partial charge in [-0.1, -0.05) is 0 Å². The van der Waals surface area contributed by atoms with Crippen molar-refractivity contribution >= 4 is 27.4 Å². The minimum absolute atomic E-state index is 0.135. The van der Waals surface area contributed by atoms with Crippen LogP contribution < -0.4 is 5.32 Å². The maximum absolute atomic E-state index is 10.3. The predicted octanol–water partition coefficient (Wildman–Crippen LogP) is 3.81. The van der Waals surface area contributed by atoms with Crippen LogP contribution in [0.3, 0.4) is 0 Å². The van der Waals surface area contributed by atoms with E-state index in [2.05, 4.69) is 10.3 Å². The fourth-order valence-corrected chi connectivity index (χ4v) is 4.37. The summed E-state index contributed by atoms with van der Waals surface area (Å²) in [6, 6.07) is 3.73. The number of nitrogens with one attached hydrogen (secondary N) is 1. The number of thiophene rings is 1. The second-order valence-electron chi connectivity index (χ2n) is 7.19. The molecule has 0 aliphatic heterocycles. The highest BCUT2D eigenvalue weighted by Crippen LogP contribution is 2.40. The Labute approximate surface area is 151 Å². The third-order valence-corrected chi connectivity index (χ3v) is 6.08. The monoisotopic (exact) mass is 354 g/mol. The van der Waals surface area contributed by atoms with E-state index >= 15 is 0 Å². The highest BCUT2D eigenvalue weighted by Gasteiger charge is 2.27. The molecule has 0 aromatic carbocycles. The Bertz CT molecular complexity index is 915.